The van der Waals surface area contributed by atoms with E-state index in [-0.39, 0.29) is 5.91 Å². The second-order valence-corrected chi connectivity index (χ2v) is 6.84. The Labute approximate surface area is 158 Å². The highest BCUT2D eigenvalue weighted by Gasteiger charge is 2.15. The summed E-state index contributed by atoms with van der Waals surface area (Å²) in [4.78, 5) is 23.1. The molecule has 1 aliphatic rings. The molecule has 2 aromatic rings. The molecule has 1 amide bonds. The fraction of sp³-hybridized carbons (Fsp3) is 0.429. The van der Waals surface area contributed by atoms with Crippen LogP contribution in [0.2, 0.25) is 0 Å². The number of carbonyl (C=O) groups is 2. The Bertz CT molecular complexity index is 798. The minimum Gasteiger partial charge on any atom is -0.481 e. The molecular weight excluding hydrogens is 346 g/mol. The summed E-state index contributed by atoms with van der Waals surface area (Å²) in [5.74, 6) is 0.121. The molecule has 0 atom stereocenters. The Kier molecular flexibility index (Phi) is 6.65. The van der Waals surface area contributed by atoms with Gasteiger partial charge in [-0.25, -0.2) is 4.79 Å². The van der Waals surface area contributed by atoms with Crippen molar-refractivity contribution in [1.82, 2.24) is 0 Å². The average Bonchev–Trinajstić information content (AvgIpc) is 2.68. The Morgan fingerprint density at radius 3 is 2.59 bits per heavy atom. The Hall–Kier alpha value is -2.60. The molecule has 1 fully saturated rings. The van der Waals surface area contributed by atoms with Gasteiger partial charge in [0.15, 0.2) is 6.61 Å². The van der Waals surface area contributed by atoms with Gasteiger partial charge in [0.2, 0.25) is 5.91 Å². The minimum absolute atomic E-state index is 0.00795. The quantitative estimate of drug-likeness (QED) is 0.736. The van der Waals surface area contributed by atoms with Crippen molar-refractivity contribution in [3.63, 3.8) is 0 Å². The number of carboxylic acid groups (broad SMARTS) is 1. The van der Waals surface area contributed by atoms with E-state index in [1.807, 2.05) is 24.3 Å². The van der Waals surface area contributed by atoms with Crippen LogP contribution >= 0.6 is 0 Å². The average molecular weight is 371 g/mol. The number of carbonyl (C=O) groups excluding carboxylic acids is 1. The molecule has 2 aromatic carbocycles. The lowest BCUT2D eigenvalue weighted by Crippen LogP contribution is -2.17. The zero-order valence-corrected chi connectivity index (χ0v) is 15.3. The number of aliphatic carboxylic acids is 1. The lowest BCUT2D eigenvalue weighted by molar-refractivity contribution is -0.139. The summed E-state index contributed by atoms with van der Waals surface area (Å²) in [5, 5.41) is 13.4. The molecule has 1 heterocycles. The van der Waals surface area contributed by atoms with E-state index in [9.17, 15) is 9.59 Å². The number of nitrogens with one attached hydrogen (secondary N) is 1. The van der Waals surface area contributed by atoms with Crippen LogP contribution in [0, 0.1) is 5.92 Å². The van der Waals surface area contributed by atoms with E-state index in [1.54, 1.807) is 12.1 Å². The van der Waals surface area contributed by atoms with Crippen molar-refractivity contribution in [2.75, 3.05) is 25.1 Å². The predicted molar refractivity (Wildman–Crippen MR) is 103 cm³/mol. The maximum absolute atomic E-state index is 12.4. The number of anilines is 1. The third kappa shape index (κ3) is 5.44. The first-order chi connectivity index (χ1) is 13.1. The van der Waals surface area contributed by atoms with Crippen molar-refractivity contribution in [2.24, 2.45) is 5.92 Å². The van der Waals surface area contributed by atoms with Gasteiger partial charge >= 0.3 is 5.97 Å². The van der Waals surface area contributed by atoms with E-state index < -0.39 is 12.6 Å². The van der Waals surface area contributed by atoms with Crippen molar-refractivity contribution in [2.45, 2.75) is 32.1 Å². The molecule has 0 spiro atoms. The number of ether oxygens (including phenoxy) is 2. The molecule has 0 unspecified atom stereocenters. The summed E-state index contributed by atoms with van der Waals surface area (Å²) in [7, 11) is 0. The minimum atomic E-state index is -1.03. The van der Waals surface area contributed by atoms with Gasteiger partial charge in [0.1, 0.15) is 5.75 Å². The fourth-order valence-electron chi connectivity index (χ4n) is 3.44. The third-order valence-electron chi connectivity index (χ3n) is 4.87. The maximum Gasteiger partial charge on any atom is 0.341 e. The van der Waals surface area contributed by atoms with Crippen LogP contribution in [0.4, 0.5) is 5.69 Å². The van der Waals surface area contributed by atoms with Crippen LogP contribution in [0.15, 0.2) is 36.4 Å². The number of amides is 1. The van der Waals surface area contributed by atoms with Gasteiger partial charge in [-0.2, -0.15) is 0 Å². The summed E-state index contributed by atoms with van der Waals surface area (Å²) >= 11 is 0. The van der Waals surface area contributed by atoms with Crippen molar-refractivity contribution in [3.05, 3.63) is 36.4 Å². The number of hydrogen-bond donors (Lipinski definition) is 2. The number of benzene rings is 2. The van der Waals surface area contributed by atoms with Gasteiger partial charge in [-0.05, 0) is 43.7 Å². The predicted octanol–water partition coefficient (Wildman–Crippen LogP) is 3.84. The molecule has 0 aromatic heterocycles. The molecule has 1 aliphatic heterocycles. The van der Waals surface area contributed by atoms with E-state index in [2.05, 4.69) is 5.32 Å². The fourth-order valence-corrected chi connectivity index (χ4v) is 3.44. The van der Waals surface area contributed by atoms with Gasteiger partial charge in [-0.1, -0.05) is 24.3 Å². The molecule has 144 valence electrons. The second kappa shape index (κ2) is 9.37. The zero-order chi connectivity index (χ0) is 19.1. The van der Waals surface area contributed by atoms with Crippen LogP contribution in [0.5, 0.6) is 5.75 Å². The first-order valence-electron chi connectivity index (χ1n) is 9.37. The molecule has 6 heteroatoms. The van der Waals surface area contributed by atoms with Gasteiger partial charge < -0.3 is 19.9 Å². The Balaban J connectivity index is 1.61. The highest BCUT2D eigenvalue weighted by molar-refractivity contribution is 6.04. The van der Waals surface area contributed by atoms with Crippen LogP contribution in [0.1, 0.15) is 32.1 Å². The summed E-state index contributed by atoms with van der Waals surface area (Å²) in [5.41, 5.74) is 0.712. The number of rotatable bonds is 8. The third-order valence-corrected chi connectivity index (χ3v) is 4.87. The lowest BCUT2D eigenvalue weighted by atomic mass is 9.94. The van der Waals surface area contributed by atoms with Gasteiger partial charge in [-0.3, -0.25) is 4.79 Å². The van der Waals surface area contributed by atoms with E-state index >= 15 is 0 Å². The van der Waals surface area contributed by atoms with E-state index in [0.717, 1.165) is 49.7 Å². The van der Waals surface area contributed by atoms with Gasteiger partial charge in [0, 0.05) is 36.1 Å². The molecule has 27 heavy (non-hydrogen) atoms. The normalized spacial score (nSPS) is 14.8. The molecule has 1 saturated heterocycles. The molecule has 0 radical (unpaired) electrons. The molecule has 0 saturated carbocycles. The van der Waals surface area contributed by atoms with Crippen LogP contribution < -0.4 is 10.1 Å². The van der Waals surface area contributed by atoms with Gasteiger partial charge in [-0.15, -0.1) is 0 Å². The van der Waals surface area contributed by atoms with Crippen molar-refractivity contribution >= 4 is 28.3 Å². The van der Waals surface area contributed by atoms with Crippen molar-refractivity contribution in [3.8, 4) is 5.75 Å². The molecule has 0 bridgehead atoms. The SMILES string of the molecule is O=C(O)COc1ccc(NC(=O)CCCC2CCOCC2)c2ccccc12. The maximum atomic E-state index is 12.4. The van der Waals surface area contributed by atoms with Gasteiger partial charge in [0.25, 0.3) is 0 Å². The van der Waals surface area contributed by atoms with Crippen molar-refractivity contribution in [1.29, 1.82) is 0 Å². The summed E-state index contributed by atoms with van der Waals surface area (Å²) in [6.07, 6.45) is 4.59. The lowest BCUT2D eigenvalue weighted by Gasteiger charge is -2.21. The molecule has 2 N–H and O–H groups in total. The monoisotopic (exact) mass is 371 g/mol. The highest BCUT2D eigenvalue weighted by Crippen LogP contribution is 2.32. The first-order valence-corrected chi connectivity index (χ1v) is 9.37. The molecule has 6 nitrogen and oxygen atoms in total. The Morgan fingerprint density at radius 1 is 1.11 bits per heavy atom. The first kappa shape index (κ1) is 19.2. The topological polar surface area (TPSA) is 84.9 Å². The Morgan fingerprint density at radius 2 is 1.85 bits per heavy atom. The number of fused-ring (bicyclic) bond motifs is 1. The van der Waals surface area contributed by atoms with Crippen LogP contribution in [0.3, 0.4) is 0 Å². The molecular formula is C21H25NO5. The largest absolute Gasteiger partial charge is 0.481 e. The number of hydrogen-bond acceptors (Lipinski definition) is 4. The zero-order valence-electron chi connectivity index (χ0n) is 15.3. The van der Waals surface area contributed by atoms with E-state index in [1.165, 1.54) is 0 Å². The smallest absolute Gasteiger partial charge is 0.341 e. The summed E-state index contributed by atoms with van der Waals surface area (Å²) in [6.45, 7) is 1.26. The van der Waals surface area contributed by atoms with E-state index in [4.69, 9.17) is 14.6 Å². The second-order valence-electron chi connectivity index (χ2n) is 6.84. The van der Waals surface area contributed by atoms with E-state index in [0.29, 0.717) is 23.8 Å². The van der Waals surface area contributed by atoms with Crippen LogP contribution in [-0.2, 0) is 14.3 Å². The standard InChI is InChI=1S/C21H25NO5/c23-20(7-3-4-15-10-12-26-13-11-15)22-18-8-9-19(27-14-21(24)25)17-6-2-1-5-16(17)18/h1-2,5-6,8-9,15H,3-4,7,10-14H2,(H,22,23)(H,24,25). The van der Waals surface area contributed by atoms with Gasteiger partial charge in [0.05, 0.1) is 0 Å². The van der Waals surface area contributed by atoms with Crippen molar-refractivity contribution < 1.29 is 24.2 Å². The van der Waals surface area contributed by atoms with Crippen LogP contribution in [0.25, 0.3) is 10.8 Å². The number of carboxylic acids is 1. The van der Waals surface area contributed by atoms with Crippen LogP contribution in [-0.4, -0.2) is 36.8 Å². The molecule has 3 rings (SSSR count). The highest BCUT2D eigenvalue weighted by atomic mass is 16.5. The summed E-state index contributed by atoms with van der Waals surface area (Å²) < 4.78 is 10.7. The molecule has 0 aliphatic carbocycles. The summed E-state index contributed by atoms with van der Waals surface area (Å²) in [6, 6.07) is 10.9.